The van der Waals surface area contributed by atoms with Crippen LogP contribution in [0, 0.1) is 0 Å². The summed E-state index contributed by atoms with van der Waals surface area (Å²) in [4.78, 5) is 9.07. The fourth-order valence-corrected chi connectivity index (χ4v) is 3.26. The molecule has 1 nitrogen and oxygen atoms in total. The summed E-state index contributed by atoms with van der Waals surface area (Å²) in [6.45, 7) is 9.22. The van der Waals surface area contributed by atoms with E-state index < -0.39 is 4.45 Å². The summed E-state index contributed by atoms with van der Waals surface area (Å²) >= 11 is 7.59. The van der Waals surface area contributed by atoms with Crippen LogP contribution in [-0.2, 0) is 45.7 Å². The Morgan fingerprint density at radius 1 is 0.696 bits per heavy atom. The Labute approximate surface area is 168 Å². The molecular weight excluding hydrogens is 453 g/mol. The minimum Gasteiger partial charge on any atom is -0.767 e. The Hall–Kier alpha value is 0.0723. The average Bonchev–Trinajstić information content (AvgIpc) is 2.49. The molecule has 0 fully saturated rings. The van der Waals surface area contributed by atoms with Gasteiger partial charge >= 0.3 is 20.4 Å². The Morgan fingerprint density at radius 3 is 1.04 bits per heavy atom. The number of hydrogen-bond acceptors (Lipinski definition) is 3. The largest absolute Gasteiger partial charge is 2.00 e. The van der Waals surface area contributed by atoms with Gasteiger partial charge in [0.15, 0.2) is 0 Å². The third-order valence-corrected chi connectivity index (χ3v) is 5.68. The fraction of sp³-hybridized carbons (Fsp3) is 0.235. The van der Waals surface area contributed by atoms with Gasteiger partial charge in [0, 0.05) is 15.8 Å². The second-order valence-electron chi connectivity index (χ2n) is 4.98. The molecule has 0 saturated carbocycles. The Kier molecular flexibility index (Phi) is 17.2. The van der Waals surface area contributed by atoms with E-state index in [4.69, 9.17) is 4.79 Å². The van der Waals surface area contributed by atoms with Gasteiger partial charge < -0.3 is 30.1 Å². The van der Waals surface area contributed by atoms with E-state index in [2.05, 4.69) is 113 Å². The van der Waals surface area contributed by atoms with E-state index in [0.29, 0.717) is 0 Å². The van der Waals surface area contributed by atoms with Crippen molar-refractivity contribution < 1.29 is 25.2 Å². The summed E-state index contributed by atoms with van der Waals surface area (Å²) in [6.07, 6.45) is 0. The summed E-state index contributed by atoms with van der Waals surface area (Å²) in [7, 11) is -0.424. The van der Waals surface area contributed by atoms with Crippen molar-refractivity contribution in [1.82, 2.24) is 0 Å². The molecule has 2 rings (SSSR count). The zero-order chi connectivity index (χ0) is 17.0. The summed E-state index contributed by atoms with van der Waals surface area (Å²) in [5.74, 6) is 0. The topological polar surface area (TPSA) is 17.1 Å². The molecule has 0 N–H and O–H groups in total. The van der Waals surface area contributed by atoms with Crippen molar-refractivity contribution in [3.8, 4) is 0 Å². The van der Waals surface area contributed by atoms with Crippen LogP contribution in [-0.4, -0.2) is 31.1 Å². The minimum absolute atomic E-state index is 0. The first kappa shape index (κ1) is 25.3. The molecule has 0 saturated heterocycles. The van der Waals surface area contributed by atoms with Gasteiger partial charge in [-0.3, -0.25) is 0 Å². The van der Waals surface area contributed by atoms with Crippen LogP contribution in [0.1, 0.15) is 0 Å². The molecule has 0 aliphatic rings. The quantitative estimate of drug-likeness (QED) is 0.373. The molecule has 0 unspecified atom stereocenters. The number of carbonyl (C=O) groups excluding carboxylic acids is 1. The van der Waals surface area contributed by atoms with Crippen LogP contribution in [0.3, 0.4) is 0 Å². The molecule has 128 valence electrons. The van der Waals surface area contributed by atoms with Gasteiger partial charge in [0.05, 0.1) is 37.3 Å². The van der Waals surface area contributed by atoms with E-state index >= 15 is 0 Å². The van der Waals surface area contributed by atoms with Gasteiger partial charge in [-0.1, -0.05) is 36.4 Å². The molecule has 0 spiro atoms. The smallest absolute Gasteiger partial charge is 0.767 e. The van der Waals surface area contributed by atoms with Gasteiger partial charge in [-0.15, -0.1) is 4.45 Å². The van der Waals surface area contributed by atoms with Gasteiger partial charge in [-0.05, 0) is 24.3 Å². The van der Waals surface area contributed by atoms with Gasteiger partial charge in [-0.2, -0.15) is 0 Å². The summed E-state index contributed by atoms with van der Waals surface area (Å²) < 4.78 is -0.667. The summed E-state index contributed by atoms with van der Waals surface area (Å²) in [6, 6.07) is 21.4. The van der Waals surface area contributed by atoms with Crippen molar-refractivity contribution in [2.45, 2.75) is 0 Å². The van der Waals surface area contributed by atoms with E-state index in [1.165, 1.54) is 10.6 Å². The number of benzene rings is 2. The maximum atomic E-state index is 9.07. The maximum absolute atomic E-state index is 9.07. The SMILES string of the molecule is C[PH+](C)c1ccccc1.C[PH+](C)c1ccccc1.O=C([S-])[S-].[Pd+2]. The zero-order valence-corrected chi connectivity index (χ0v) is 19.0. The first-order valence-electron chi connectivity index (χ1n) is 6.93. The molecule has 0 aliphatic heterocycles. The first-order chi connectivity index (χ1) is 10.3. The van der Waals surface area contributed by atoms with Crippen molar-refractivity contribution in [3.63, 3.8) is 0 Å². The molecule has 0 heterocycles. The van der Waals surface area contributed by atoms with Crippen LogP contribution in [0.4, 0.5) is 4.79 Å². The fourth-order valence-electron chi connectivity index (χ4n) is 1.54. The molecule has 2 aromatic carbocycles. The van der Waals surface area contributed by atoms with Crippen molar-refractivity contribution >= 4 is 56.2 Å². The molecule has 0 atom stereocenters. The maximum Gasteiger partial charge on any atom is 2.00 e. The zero-order valence-electron chi connectivity index (χ0n) is 13.8. The predicted molar refractivity (Wildman–Crippen MR) is 113 cm³/mol. The number of rotatable bonds is 2. The van der Waals surface area contributed by atoms with Crippen LogP contribution in [0.15, 0.2) is 60.7 Å². The molecule has 0 aliphatic carbocycles. The van der Waals surface area contributed by atoms with Gasteiger partial charge in [0.25, 0.3) is 0 Å². The van der Waals surface area contributed by atoms with Crippen LogP contribution in [0.25, 0.3) is 0 Å². The molecular formula is C17H24OP2PdS2+2. The van der Waals surface area contributed by atoms with Crippen molar-refractivity contribution in [3.05, 3.63) is 60.7 Å². The van der Waals surface area contributed by atoms with E-state index in [9.17, 15) is 0 Å². The van der Waals surface area contributed by atoms with E-state index in [-0.39, 0.29) is 36.3 Å². The number of carbonyl (C=O) groups is 1. The predicted octanol–water partition coefficient (Wildman–Crippen LogP) is 3.77. The van der Waals surface area contributed by atoms with E-state index in [1.54, 1.807) is 0 Å². The van der Waals surface area contributed by atoms with E-state index in [1.807, 2.05) is 0 Å². The monoisotopic (exact) mass is 476 g/mol. The van der Waals surface area contributed by atoms with Crippen molar-refractivity contribution in [2.24, 2.45) is 0 Å². The molecule has 0 bridgehead atoms. The molecule has 0 radical (unpaired) electrons. The second kappa shape index (κ2) is 15.6. The normalized spacial score (nSPS) is 8.96. The van der Waals surface area contributed by atoms with Gasteiger partial charge in [-0.25, -0.2) is 0 Å². The van der Waals surface area contributed by atoms with Crippen LogP contribution in [0.2, 0.25) is 0 Å². The molecule has 2 aromatic rings. The van der Waals surface area contributed by atoms with Crippen molar-refractivity contribution in [2.75, 3.05) is 26.7 Å². The molecule has 6 heteroatoms. The Balaban J connectivity index is 0. The van der Waals surface area contributed by atoms with Crippen LogP contribution < -0.4 is 10.6 Å². The molecule has 0 amide bonds. The van der Waals surface area contributed by atoms with E-state index in [0.717, 1.165) is 0 Å². The summed E-state index contributed by atoms with van der Waals surface area (Å²) in [5, 5.41) is 3.03. The van der Waals surface area contributed by atoms with Gasteiger partial charge in [0.2, 0.25) is 0 Å². The standard InChI is InChI=1S/2C8H11P.CH2OS2.Pd/c2*1-9(2)8-6-4-3-5-7-8;2-1(3)4;/h2*3-7H,1-2H3;(H2,2,3,4);/q;;;+2. The van der Waals surface area contributed by atoms with Crippen LogP contribution >= 0.6 is 15.8 Å². The van der Waals surface area contributed by atoms with Gasteiger partial charge in [0.1, 0.15) is 0 Å². The third kappa shape index (κ3) is 15.3. The second-order valence-corrected chi connectivity index (χ2v) is 11.1. The average molecular weight is 477 g/mol. The van der Waals surface area contributed by atoms with Crippen molar-refractivity contribution in [1.29, 1.82) is 0 Å². The summed E-state index contributed by atoms with van der Waals surface area (Å²) in [5.41, 5.74) is 0. The molecule has 23 heavy (non-hydrogen) atoms. The molecule has 0 aromatic heterocycles. The first-order valence-corrected chi connectivity index (χ1v) is 12.8. The Bertz CT molecular complexity index is 475. The Morgan fingerprint density at radius 2 is 0.913 bits per heavy atom. The van der Waals surface area contributed by atoms with Crippen LogP contribution in [0.5, 0.6) is 0 Å². The number of hydrogen-bond donors (Lipinski definition) is 0. The minimum atomic E-state index is -0.667. The third-order valence-electron chi connectivity index (χ3n) is 2.70.